The molecule has 0 aliphatic carbocycles. The van der Waals surface area contributed by atoms with Crippen LogP contribution in [0.15, 0.2) is 22.7 Å². The van der Waals surface area contributed by atoms with E-state index in [9.17, 15) is 9.18 Å². The van der Waals surface area contributed by atoms with Crippen molar-refractivity contribution in [2.45, 2.75) is 32.7 Å². The number of amides is 1. The Morgan fingerprint density at radius 2 is 2.22 bits per heavy atom. The summed E-state index contributed by atoms with van der Waals surface area (Å²) >= 11 is 3.24. The van der Waals surface area contributed by atoms with E-state index in [2.05, 4.69) is 33.5 Å². The van der Waals surface area contributed by atoms with Crippen molar-refractivity contribution in [2.24, 2.45) is 0 Å². The maximum Gasteiger partial charge on any atom is 0.239 e. The third kappa shape index (κ3) is 4.64. The van der Waals surface area contributed by atoms with Crippen LogP contribution in [0.2, 0.25) is 0 Å². The molecule has 0 aliphatic heterocycles. The lowest BCUT2D eigenvalue weighted by Crippen LogP contribution is -2.36. The highest BCUT2D eigenvalue weighted by Crippen LogP contribution is 2.24. The summed E-state index contributed by atoms with van der Waals surface area (Å²) in [5.41, 5.74) is 0.316. The van der Waals surface area contributed by atoms with Crippen LogP contribution in [-0.4, -0.2) is 18.5 Å². The smallest absolute Gasteiger partial charge is 0.239 e. The van der Waals surface area contributed by atoms with Crippen LogP contribution in [0.3, 0.4) is 0 Å². The van der Waals surface area contributed by atoms with Gasteiger partial charge in [-0.05, 0) is 41.4 Å². The average Bonchev–Trinajstić information content (AvgIpc) is 2.28. The van der Waals surface area contributed by atoms with Gasteiger partial charge in [-0.1, -0.05) is 19.4 Å². The molecule has 1 aromatic carbocycles. The highest BCUT2D eigenvalue weighted by molar-refractivity contribution is 9.10. The monoisotopic (exact) mass is 316 g/mol. The van der Waals surface area contributed by atoms with Crippen LogP contribution in [0.4, 0.5) is 10.1 Å². The summed E-state index contributed by atoms with van der Waals surface area (Å²) in [4.78, 5) is 11.6. The van der Waals surface area contributed by atoms with Crippen molar-refractivity contribution in [1.82, 2.24) is 5.32 Å². The second-order valence-corrected chi connectivity index (χ2v) is 5.06. The number of para-hydroxylation sites is 1. The van der Waals surface area contributed by atoms with Gasteiger partial charge in [-0.2, -0.15) is 0 Å². The van der Waals surface area contributed by atoms with Gasteiger partial charge in [0.25, 0.3) is 0 Å². The topological polar surface area (TPSA) is 41.1 Å². The minimum Gasteiger partial charge on any atom is -0.373 e. The van der Waals surface area contributed by atoms with E-state index in [4.69, 9.17) is 0 Å². The first-order valence-electron chi connectivity index (χ1n) is 6.01. The number of benzene rings is 1. The number of hydrogen-bond acceptors (Lipinski definition) is 2. The Hall–Kier alpha value is -1.10. The van der Waals surface area contributed by atoms with Gasteiger partial charge < -0.3 is 10.6 Å². The second-order valence-electron chi connectivity index (χ2n) is 4.21. The van der Waals surface area contributed by atoms with E-state index >= 15 is 0 Å². The number of carbonyl (C=O) groups is 1. The van der Waals surface area contributed by atoms with E-state index in [1.165, 1.54) is 6.07 Å². The highest BCUT2D eigenvalue weighted by Gasteiger charge is 2.09. The van der Waals surface area contributed by atoms with Gasteiger partial charge in [0.1, 0.15) is 5.82 Å². The largest absolute Gasteiger partial charge is 0.373 e. The zero-order valence-corrected chi connectivity index (χ0v) is 12.2. The molecule has 0 aromatic heterocycles. The van der Waals surface area contributed by atoms with E-state index in [0.29, 0.717) is 10.2 Å². The predicted molar refractivity (Wildman–Crippen MR) is 75.1 cm³/mol. The van der Waals surface area contributed by atoms with E-state index < -0.39 is 0 Å². The Balaban J connectivity index is 2.48. The predicted octanol–water partition coefficient (Wildman–Crippen LogP) is 3.30. The molecule has 1 amide bonds. The fraction of sp³-hybridized carbons (Fsp3) is 0.462. The minimum atomic E-state index is -0.376. The number of carbonyl (C=O) groups excluding carboxylic acids is 1. The number of anilines is 1. The minimum absolute atomic E-state index is 0.0631. The molecule has 1 aromatic rings. The maximum absolute atomic E-state index is 13.5. The van der Waals surface area contributed by atoms with E-state index in [0.717, 1.165) is 12.8 Å². The van der Waals surface area contributed by atoms with Crippen LogP contribution in [0, 0.1) is 5.82 Å². The molecule has 100 valence electrons. The molecule has 0 aliphatic rings. The molecule has 1 rings (SSSR count). The first-order valence-corrected chi connectivity index (χ1v) is 6.81. The van der Waals surface area contributed by atoms with Crippen molar-refractivity contribution in [1.29, 1.82) is 0 Å². The van der Waals surface area contributed by atoms with Crippen molar-refractivity contribution in [3.63, 3.8) is 0 Å². The van der Waals surface area contributed by atoms with Crippen LogP contribution >= 0.6 is 15.9 Å². The lowest BCUT2D eigenvalue weighted by Gasteiger charge is -2.14. The Kier molecular flexibility index (Phi) is 6.12. The lowest BCUT2D eigenvalue weighted by atomic mass is 10.2. The molecule has 1 atom stereocenters. The molecule has 3 nitrogen and oxygen atoms in total. The van der Waals surface area contributed by atoms with Crippen molar-refractivity contribution < 1.29 is 9.18 Å². The molecular formula is C13H18BrFN2O. The third-order valence-corrected chi connectivity index (χ3v) is 3.18. The third-order valence-electron chi connectivity index (χ3n) is 2.52. The molecule has 0 radical (unpaired) electrons. The van der Waals surface area contributed by atoms with Gasteiger partial charge in [0.2, 0.25) is 5.91 Å². The fourth-order valence-electron chi connectivity index (χ4n) is 1.67. The van der Waals surface area contributed by atoms with Crippen LogP contribution in [-0.2, 0) is 4.79 Å². The summed E-state index contributed by atoms with van der Waals surface area (Å²) in [7, 11) is 0. The molecule has 18 heavy (non-hydrogen) atoms. The van der Waals surface area contributed by atoms with Gasteiger partial charge in [-0.15, -0.1) is 0 Å². The summed E-state index contributed by atoms with van der Waals surface area (Å²) in [6.45, 7) is 4.09. The van der Waals surface area contributed by atoms with Gasteiger partial charge in [-0.3, -0.25) is 4.79 Å². The first kappa shape index (κ1) is 15.0. The molecule has 1 unspecified atom stereocenters. The van der Waals surface area contributed by atoms with E-state index in [1.54, 1.807) is 12.1 Å². The van der Waals surface area contributed by atoms with Gasteiger partial charge in [0, 0.05) is 10.5 Å². The molecule has 0 fully saturated rings. The maximum atomic E-state index is 13.5. The number of nitrogens with one attached hydrogen (secondary N) is 2. The van der Waals surface area contributed by atoms with Gasteiger partial charge in [0.05, 0.1) is 12.2 Å². The van der Waals surface area contributed by atoms with E-state index in [1.807, 2.05) is 6.92 Å². The second kappa shape index (κ2) is 7.36. The van der Waals surface area contributed by atoms with Crippen LogP contribution < -0.4 is 10.6 Å². The van der Waals surface area contributed by atoms with Gasteiger partial charge in [0.15, 0.2) is 0 Å². The molecule has 5 heteroatoms. The van der Waals surface area contributed by atoms with Crippen molar-refractivity contribution in [3.8, 4) is 0 Å². The zero-order chi connectivity index (χ0) is 13.5. The highest BCUT2D eigenvalue weighted by atomic mass is 79.9. The first-order chi connectivity index (χ1) is 8.54. The molecule has 0 bridgehead atoms. The Morgan fingerprint density at radius 1 is 1.50 bits per heavy atom. The fourth-order valence-corrected chi connectivity index (χ4v) is 2.15. The van der Waals surface area contributed by atoms with Crippen molar-refractivity contribution in [2.75, 3.05) is 11.9 Å². The summed E-state index contributed by atoms with van der Waals surface area (Å²) in [6, 6.07) is 4.83. The molecule has 2 N–H and O–H groups in total. The summed E-state index contributed by atoms with van der Waals surface area (Å²) in [5, 5.41) is 5.65. The standard InChI is InChI=1S/C13H18BrFN2O/c1-3-5-9(2)17-12(18)8-16-13-10(14)6-4-7-11(13)15/h4,6-7,9,16H,3,5,8H2,1-2H3,(H,17,18). The number of halogens is 2. The summed E-state index contributed by atoms with van der Waals surface area (Å²) in [5.74, 6) is -0.509. The van der Waals surface area contributed by atoms with Gasteiger partial charge in [-0.25, -0.2) is 4.39 Å². The van der Waals surface area contributed by atoms with Crippen LogP contribution in [0.1, 0.15) is 26.7 Å². The molecule has 0 spiro atoms. The molecule has 0 heterocycles. The Bertz CT molecular complexity index is 392. The van der Waals surface area contributed by atoms with Crippen LogP contribution in [0.25, 0.3) is 0 Å². The number of hydrogen-bond donors (Lipinski definition) is 2. The normalized spacial score (nSPS) is 12.0. The SMILES string of the molecule is CCCC(C)NC(=O)CNc1c(F)cccc1Br. The summed E-state index contributed by atoms with van der Waals surface area (Å²) < 4.78 is 14.1. The quantitative estimate of drug-likeness (QED) is 0.845. The molecule has 0 saturated heterocycles. The zero-order valence-electron chi connectivity index (χ0n) is 10.6. The summed E-state index contributed by atoms with van der Waals surface area (Å²) in [6.07, 6.45) is 1.96. The number of rotatable bonds is 6. The van der Waals surface area contributed by atoms with Gasteiger partial charge >= 0.3 is 0 Å². The molecule has 0 saturated carbocycles. The van der Waals surface area contributed by atoms with Crippen molar-refractivity contribution >= 4 is 27.5 Å². The average molecular weight is 317 g/mol. The van der Waals surface area contributed by atoms with Crippen LogP contribution in [0.5, 0.6) is 0 Å². The Morgan fingerprint density at radius 3 is 2.83 bits per heavy atom. The van der Waals surface area contributed by atoms with Crippen molar-refractivity contribution in [3.05, 3.63) is 28.5 Å². The lowest BCUT2D eigenvalue weighted by molar-refractivity contribution is -0.120. The van der Waals surface area contributed by atoms with E-state index in [-0.39, 0.29) is 24.3 Å². The molecular weight excluding hydrogens is 299 g/mol. The Labute approximate surface area is 115 Å².